The van der Waals surface area contributed by atoms with Crippen LogP contribution in [0.15, 0.2) is 29.2 Å². The van der Waals surface area contributed by atoms with Crippen LogP contribution < -0.4 is 9.46 Å². The molecule has 17 heavy (non-hydrogen) atoms. The van der Waals surface area contributed by atoms with Gasteiger partial charge in [-0.3, -0.25) is 0 Å². The summed E-state index contributed by atoms with van der Waals surface area (Å²) in [6.07, 6.45) is 2.26. The lowest BCUT2D eigenvalue weighted by atomic mass is 10.3. The minimum atomic E-state index is -3.35. The fraction of sp³-hybridized carbons (Fsp3) is 0.500. The average molecular weight is 255 g/mol. The Morgan fingerprint density at radius 1 is 1.29 bits per heavy atom. The van der Waals surface area contributed by atoms with Gasteiger partial charge >= 0.3 is 0 Å². The lowest BCUT2D eigenvalue weighted by molar-refractivity contribution is 0.340. The summed E-state index contributed by atoms with van der Waals surface area (Å²) in [6.45, 7) is 3.02. The first-order valence-corrected chi connectivity index (χ1v) is 7.32. The van der Waals surface area contributed by atoms with E-state index in [-0.39, 0.29) is 0 Å². The van der Waals surface area contributed by atoms with E-state index in [0.29, 0.717) is 29.7 Å². The largest absolute Gasteiger partial charge is 0.494 e. The highest BCUT2D eigenvalue weighted by atomic mass is 32.2. The highest BCUT2D eigenvalue weighted by Crippen LogP contribution is 2.28. The van der Waals surface area contributed by atoms with Crippen LogP contribution in [0, 0.1) is 5.92 Å². The second-order valence-corrected chi connectivity index (χ2v) is 5.97. The van der Waals surface area contributed by atoms with Crippen molar-refractivity contribution in [3.63, 3.8) is 0 Å². The van der Waals surface area contributed by atoms with Gasteiger partial charge < -0.3 is 4.74 Å². The van der Waals surface area contributed by atoms with E-state index >= 15 is 0 Å². The van der Waals surface area contributed by atoms with Crippen LogP contribution in [0.1, 0.15) is 19.8 Å². The summed E-state index contributed by atoms with van der Waals surface area (Å²) in [5, 5.41) is 0. The molecule has 1 aromatic carbocycles. The van der Waals surface area contributed by atoms with E-state index in [1.54, 1.807) is 24.3 Å². The highest BCUT2D eigenvalue weighted by molar-refractivity contribution is 7.89. The average Bonchev–Trinajstić information content (AvgIpc) is 3.12. The minimum absolute atomic E-state index is 0.293. The molecule has 0 heterocycles. The number of hydrogen-bond acceptors (Lipinski definition) is 3. The maximum atomic E-state index is 11.9. The van der Waals surface area contributed by atoms with E-state index in [2.05, 4.69) is 4.72 Å². The van der Waals surface area contributed by atoms with Crippen LogP contribution in [0.3, 0.4) is 0 Å². The minimum Gasteiger partial charge on any atom is -0.494 e. The summed E-state index contributed by atoms with van der Waals surface area (Å²) >= 11 is 0. The molecule has 1 saturated carbocycles. The molecular weight excluding hydrogens is 238 g/mol. The molecule has 1 fully saturated rings. The van der Waals surface area contributed by atoms with E-state index in [1.165, 1.54) is 0 Å². The normalized spacial score (nSPS) is 15.8. The lowest BCUT2D eigenvalue weighted by Gasteiger charge is -2.07. The van der Waals surface area contributed by atoms with Gasteiger partial charge in [-0.25, -0.2) is 13.1 Å². The van der Waals surface area contributed by atoms with Crippen molar-refractivity contribution in [3.05, 3.63) is 24.3 Å². The zero-order valence-corrected chi connectivity index (χ0v) is 10.7. The monoisotopic (exact) mass is 255 g/mol. The van der Waals surface area contributed by atoms with Crippen LogP contribution in [0.5, 0.6) is 5.75 Å². The molecule has 5 heteroatoms. The van der Waals surface area contributed by atoms with Crippen molar-refractivity contribution < 1.29 is 13.2 Å². The van der Waals surface area contributed by atoms with E-state index in [0.717, 1.165) is 12.8 Å². The van der Waals surface area contributed by atoms with Crippen LogP contribution in [-0.4, -0.2) is 21.6 Å². The molecule has 0 amide bonds. The topological polar surface area (TPSA) is 55.4 Å². The Morgan fingerprint density at radius 3 is 2.47 bits per heavy atom. The fourth-order valence-electron chi connectivity index (χ4n) is 1.51. The Morgan fingerprint density at radius 2 is 1.94 bits per heavy atom. The number of hydrogen-bond donors (Lipinski definition) is 1. The first kappa shape index (κ1) is 12.4. The van der Waals surface area contributed by atoms with Gasteiger partial charge in [0.15, 0.2) is 0 Å². The van der Waals surface area contributed by atoms with Gasteiger partial charge in [0.1, 0.15) is 5.75 Å². The van der Waals surface area contributed by atoms with Crippen molar-refractivity contribution in [2.24, 2.45) is 5.92 Å². The Kier molecular flexibility index (Phi) is 3.69. The van der Waals surface area contributed by atoms with Crippen molar-refractivity contribution >= 4 is 10.0 Å². The zero-order valence-electron chi connectivity index (χ0n) is 9.85. The lowest BCUT2D eigenvalue weighted by Crippen LogP contribution is -2.25. The quantitative estimate of drug-likeness (QED) is 0.843. The molecule has 0 saturated heterocycles. The third-order valence-electron chi connectivity index (χ3n) is 2.70. The van der Waals surface area contributed by atoms with Gasteiger partial charge in [-0.2, -0.15) is 0 Å². The third-order valence-corrected chi connectivity index (χ3v) is 4.14. The molecule has 0 radical (unpaired) electrons. The van der Waals surface area contributed by atoms with Crippen LogP contribution >= 0.6 is 0 Å². The Bertz CT molecular complexity index is 463. The van der Waals surface area contributed by atoms with Crippen LogP contribution in [0.25, 0.3) is 0 Å². The Hall–Kier alpha value is -1.07. The van der Waals surface area contributed by atoms with E-state index in [1.807, 2.05) is 6.92 Å². The summed E-state index contributed by atoms with van der Waals surface area (Å²) in [7, 11) is -3.35. The Labute approximate surface area is 102 Å². The van der Waals surface area contributed by atoms with Crippen molar-refractivity contribution in [2.75, 3.05) is 13.2 Å². The highest BCUT2D eigenvalue weighted by Gasteiger charge is 2.24. The van der Waals surface area contributed by atoms with Gasteiger partial charge in [0.25, 0.3) is 0 Å². The van der Waals surface area contributed by atoms with E-state index in [9.17, 15) is 8.42 Å². The fourth-order valence-corrected chi connectivity index (χ4v) is 2.63. The molecule has 0 bridgehead atoms. The van der Waals surface area contributed by atoms with Crippen LogP contribution in [0.4, 0.5) is 0 Å². The number of sulfonamides is 1. The molecule has 2 rings (SSSR count). The van der Waals surface area contributed by atoms with Crippen LogP contribution in [0.2, 0.25) is 0 Å². The molecule has 0 unspecified atom stereocenters. The SMILES string of the molecule is CCOc1ccc(S(=O)(=O)NCC2CC2)cc1. The molecule has 0 spiro atoms. The molecule has 1 aliphatic carbocycles. The van der Waals surface area contributed by atoms with Gasteiger partial charge in [0, 0.05) is 6.54 Å². The van der Waals surface area contributed by atoms with Gasteiger partial charge in [-0.1, -0.05) is 0 Å². The van der Waals surface area contributed by atoms with Gasteiger partial charge in [0.05, 0.1) is 11.5 Å². The molecule has 94 valence electrons. The summed E-state index contributed by atoms with van der Waals surface area (Å²) in [5.41, 5.74) is 0. The molecule has 1 N–H and O–H groups in total. The molecule has 4 nitrogen and oxygen atoms in total. The number of nitrogens with one attached hydrogen (secondary N) is 1. The summed E-state index contributed by atoms with van der Waals surface area (Å²) < 4.78 is 31.6. The third kappa shape index (κ3) is 3.44. The summed E-state index contributed by atoms with van der Waals surface area (Å²) in [5.74, 6) is 1.22. The summed E-state index contributed by atoms with van der Waals surface area (Å²) in [6, 6.07) is 6.49. The van der Waals surface area contributed by atoms with Crippen molar-refractivity contribution in [2.45, 2.75) is 24.7 Å². The molecule has 0 aliphatic heterocycles. The van der Waals surface area contributed by atoms with Crippen LogP contribution in [-0.2, 0) is 10.0 Å². The number of ether oxygens (including phenoxy) is 1. The second-order valence-electron chi connectivity index (χ2n) is 4.20. The van der Waals surface area contributed by atoms with Crippen molar-refractivity contribution in [3.8, 4) is 5.75 Å². The van der Waals surface area contributed by atoms with E-state index in [4.69, 9.17) is 4.74 Å². The molecule has 1 aliphatic rings. The first-order chi connectivity index (χ1) is 8.12. The summed E-state index contributed by atoms with van der Waals surface area (Å²) in [4.78, 5) is 0.293. The Balaban J connectivity index is 2.03. The zero-order chi connectivity index (χ0) is 12.3. The predicted molar refractivity (Wildman–Crippen MR) is 65.5 cm³/mol. The maximum absolute atomic E-state index is 11.9. The predicted octanol–water partition coefficient (Wildman–Crippen LogP) is 1.77. The molecular formula is C12H17NO3S. The maximum Gasteiger partial charge on any atom is 0.240 e. The number of rotatable bonds is 6. The van der Waals surface area contributed by atoms with Crippen molar-refractivity contribution in [1.29, 1.82) is 0 Å². The second kappa shape index (κ2) is 5.06. The smallest absolute Gasteiger partial charge is 0.240 e. The standard InChI is InChI=1S/C12H17NO3S/c1-2-16-11-5-7-12(8-6-11)17(14,15)13-9-10-3-4-10/h5-8,10,13H,2-4,9H2,1H3. The van der Waals surface area contributed by atoms with Gasteiger partial charge in [-0.05, 0) is 49.9 Å². The first-order valence-electron chi connectivity index (χ1n) is 5.84. The molecule has 0 atom stereocenters. The van der Waals surface area contributed by atoms with Gasteiger partial charge in [0.2, 0.25) is 10.0 Å². The van der Waals surface area contributed by atoms with Gasteiger partial charge in [-0.15, -0.1) is 0 Å². The number of benzene rings is 1. The molecule has 0 aromatic heterocycles. The van der Waals surface area contributed by atoms with E-state index < -0.39 is 10.0 Å². The molecule has 1 aromatic rings. The van der Waals surface area contributed by atoms with Crippen molar-refractivity contribution in [1.82, 2.24) is 4.72 Å².